The minimum Gasteiger partial charge on any atom is -0.370 e. The first kappa shape index (κ1) is 16.5. The van der Waals surface area contributed by atoms with E-state index >= 15 is 0 Å². The molecule has 3 rings (SSSR count). The number of nitrogens with zero attached hydrogens (tertiary/aromatic N) is 4. The van der Waals surface area contributed by atoms with Gasteiger partial charge in [0.15, 0.2) is 0 Å². The summed E-state index contributed by atoms with van der Waals surface area (Å²) in [5.74, 6) is 0. The van der Waals surface area contributed by atoms with Gasteiger partial charge >= 0.3 is 0 Å². The van der Waals surface area contributed by atoms with E-state index in [0.29, 0.717) is 11.1 Å². The lowest BCUT2D eigenvalue weighted by molar-refractivity contribution is -0.384. The molecule has 7 heteroatoms. The molecule has 6 nitrogen and oxygen atoms in total. The minimum absolute atomic E-state index is 0.0473. The second-order valence-corrected chi connectivity index (χ2v) is 6.86. The van der Waals surface area contributed by atoms with E-state index in [1.54, 1.807) is 6.07 Å². The van der Waals surface area contributed by atoms with Crippen LogP contribution < -0.4 is 4.90 Å². The summed E-state index contributed by atoms with van der Waals surface area (Å²) in [6.45, 7) is 6.50. The number of piperidine rings is 1. The average molecular weight is 339 g/mol. The van der Waals surface area contributed by atoms with Crippen molar-refractivity contribution >= 4 is 23.0 Å². The predicted molar refractivity (Wildman–Crippen MR) is 92.4 cm³/mol. The molecule has 2 saturated heterocycles. The summed E-state index contributed by atoms with van der Waals surface area (Å²) in [6, 6.07) is 5.41. The van der Waals surface area contributed by atoms with Gasteiger partial charge in [0.25, 0.3) is 5.69 Å². The van der Waals surface area contributed by atoms with E-state index in [4.69, 9.17) is 11.6 Å². The molecule has 2 fully saturated rings. The van der Waals surface area contributed by atoms with Crippen molar-refractivity contribution in [2.75, 3.05) is 51.2 Å². The number of hydrogen-bond acceptors (Lipinski definition) is 5. The zero-order chi connectivity index (χ0) is 16.4. The smallest absolute Gasteiger partial charge is 0.271 e. The van der Waals surface area contributed by atoms with E-state index in [2.05, 4.69) is 21.7 Å². The van der Waals surface area contributed by atoms with Gasteiger partial charge in [-0.15, -0.1) is 0 Å². The Morgan fingerprint density at radius 1 is 1.13 bits per heavy atom. The Labute approximate surface area is 141 Å². The SMILES string of the molecule is CN1CCN(C2CCN(c3ccc([N+](=O)[O-])cc3Cl)CC2)CC1. The molecule has 0 unspecified atom stereocenters. The number of likely N-dealkylation sites (N-methyl/N-ethyl adjacent to an activating group) is 1. The number of nitro benzene ring substituents is 1. The quantitative estimate of drug-likeness (QED) is 0.626. The Hall–Kier alpha value is -1.37. The maximum Gasteiger partial charge on any atom is 0.271 e. The molecule has 0 spiro atoms. The number of piperazine rings is 1. The molecular weight excluding hydrogens is 316 g/mol. The van der Waals surface area contributed by atoms with Crippen molar-refractivity contribution < 1.29 is 4.92 Å². The fourth-order valence-electron chi connectivity index (χ4n) is 3.52. The molecule has 126 valence electrons. The normalized spacial score (nSPS) is 21.6. The summed E-state index contributed by atoms with van der Waals surface area (Å²) in [5, 5.41) is 11.3. The molecule has 0 aromatic heterocycles. The summed E-state index contributed by atoms with van der Waals surface area (Å²) in [4.78, 5) is 17.6. The number of anilines is 1. The summed E-state index contributed by atoms with van der Waals surface area (Å²) in [6.07, 6.45) is 2.24. The second-order valence-electron chi connectivity index (χ2n) is 6.45. The highest BCUT2D eigenvalue weighted by atomic mass is 35.5. The van der Waals surface area contributed by atoms with E-state index in [0.717, 1.165) is 57.8 Å². The zero-order valence-corrected chi connectivity index (χ0v) is 14.2. The Kier molecular flexibility index (Phi) is 5.04. The van der Waals surface area contributed by atoms with Gasteiger partial charge in [0, 0.05) is 57.4 Å². The number of nitro groups is 1. The third-order valence-corrected chi connectivity index (χ3v) is 5.30. The fourth-order valence-corrected chi connectivity index (χ4v) is 3.82. The van der Waals surface area contributed by atoms with Crippen LogP contribution >= 0.6 is 11.6 Å². The molecule has 23 heavy (non-hydrogen) atoms. The Morgan fingerprint density at radius 3 is 2.35 bits per heavy atom. The summed E-state index contributed by atoms with van der Waals surface area (Å²) >= 11 is 6.25. The largest absolute Gasteiger partial charge is 0.370 e. The minimum atomic E-state index is -0.407. The van der Waals surface area contributed by atoms with Gasteiger partial charge < -0.3 is 9.80 Å². The lowest BCUT2D eigenvalue weighted by atomic mass is 10.0. The van der Waals surface area contributed by atoms with E-state index in [-0.39, 0.29) is 5.69 Å². The average Bonchev–Trinajstić information content (AvgIpc) is 2.56. The predicted octanol–water partition coefficient (Wildman–Crippen LogP) is 2.46. The van der Waals surface area contributed by atoms with Crippen molar-refractivity contribution in [1.82, 2.24) is 9.80 Å². The van der Waals surface area contributed by atoms with Gasteiger partial charge in [-0.05, 0) is 26.0 Å². The van der Waals surface area contributed by atoms with Crippen molar-refractivity contribution in [2.24, 2.45) is 0 Å². The first-order valence-corrected chi connectivity index (χ1v) is 8.54. The maximum absolute atomic E-state index is 10.8. The number of hydrogen-bond donors (Lipinski definition) is 0. The molecule has 2 heterocycles. The highest BCUT2D eigenvalue weighted by Crippen LogP contribution is 2.32. The van der Waals surface area contributed by atoms with E-state index < -0.39 is 4.92 Å². The number of non-ortho nitro benzene ring substituents is 1. The van der Waals surface area contributed by atoms with Crippen molar-refractivity contribution in [3.05, 3.63) is 33.3 Å². The topological polar surface area (TPSA) is 52.9 Å². The molecular formula is C16H23ClN4O2. The van der Waals surface area contributed by atoms with Crippen LogP contribution in [0.25, 0.3) is 0 Å². The van der Waals surface area contributed by atoms with Gasteiger partial charge in [0.2, 0.25) is 0 Å². The van der Waals surface area contributed by atoms with Gasteiger partial charge in [-0.3, -0.25) is 15.0 Å². The molecule has 2 aliphatic heterocycles. The Bertz CT molecular complexity index is 567. The molecule has 0 atom stereocenters. The molecule has 1 aromatic rings. The molecule has 0 saturated carbocycles. The van der Waals surface area contributed by atoms with Gasteiger partial charge in [-0.1, -0.05) is 11.6 Å². The summed E-state index contributed by atoms with van der Waals surface area (Å²) in [5.41, 5.74) is 0.958. The van der Waals surface area contributed by atoms with Crippen molar-refractivity contribution in [3.8, 4) is 0 Å². The summed E-state index contributed by atoms with van der Waals surface area (Å²) < 4.78 is 0. The van der Waals surface area contributed by atoms with Crippen LogP contribution in [0, 0.1) is 10.1 Å². The maximum atomic E-state index is 10.8. The fraction of sp³-hybridized carbons (Fsp3) is 0.625. The van der Waals surface area contributed by atoms with Crippen molar-refractivity contribution in [1.29, 1.82) is 0 Å². The molecule has 1 aromatic carbocycles. The zero-order valence-electron chi connectivity index (χ0n) is 13.4. The first-order valence-electron chi connectivity index (χ1n) is 8.16. The Balaban J connectivity index is 1.59. The van der Waals surface area contributed by atoms with Gasteiger partial charge in [-0.25, -0.2) is 0 Å². The van der Waals surface area contributed by atoms with E-state index in [9.17, 15) is 10.1 Å². The van der Waals surface area contributed by atoms with Crippen LogP contribution in [-0.2, 0) is 0 Å². The molecule has 0 N–H and O–H groups in total. The van der Waals surface area contributed by atoms with Crippen LogP contribution in [0.15, 0.2) is 18.2 Å². The lowest BCUT2D eigenvalue weighted by Crippen LogP contribution is -2.52. The molecule has 0 radical (unpaired) electrons. The van der Waals surface area contributed by atoms with Crippen LogP contribution in [0.2, 0.25) is 5.02 Å². The van der Waals surface area contributed by atoms with Gasteiger partial charge in [-0.2, -0.15) is 0 Å². The van der Waals surface area contributed by atoms with Crippen molar-refractivity contribution in [2.45, 2.75) is 18.9 Å². The Morgan fingerprint density at radius 2 is 1.78 bits per heavy atom. The number of rotatable bonds is 3. The highest BCUT2D eigenvalue weighted by molar-refractivity contribution is 6.33. The lowest BCUT2D eigenvalue weighted by Gasteiger charge is -2.42. The number of halogens is 1. The van der Waals surface area contributed by atoms with Crippen LogP contribution in [0.5, 0.6) is 0 Å². The highest BCUT2D eigenvalue weighted by Gasteiger charge is 2.27. The molecule has 0 amide bonds. The van der Waals surface area contributed by atoms with Crippen LogP contribution in [0.1, 0.15) is 12.8 Å². The molecule has 0 bridgehead atoms. The van der Waals surface area contributed by atoms with Gasteiger partial charge in [0.05, 0.1) is 15.6 Å². The van der Waals surface area contributed by atoms with Gasteiger partial charge in [0.1, 0.15) is 0 Å². The second kappa shape index (κ2) is 7.03. The third-order valence-electron chi connectivity index (χ3n) is 5.00. The molecule has 0 aliphatic carbocycles. The van der Waals surface area contributed by atoms with Crippen molar-refractivity contribution in [3.63, 3.8) is 0 Å². The van der Waals surface area contributed by atoms with Crippen LogP contribution in [-0.4, -0.2) is 67.1 Å². The third kappa shape index (κ3) is 3.76. The monoisotopic (exact) mass is 338 g/mol. The van der Waals surface area contributed by atoms with Crippen LogP contribution in [0.3, 0.4) is 0 Å². The van der Waals surface area contributed by atoms with E-state index in [1.807, 2.05) is 0 Å². The molecule has 2 aliphatic rings. The first-order chi connectivity index (χ1) is 11.0. The standard InChI is InChI=1S/C16H23ClN4O2/c1-18-8-10-19(11-9-18)13-4-6-20(7-5-13)16-3-2-14(21(22)23)12-15(16)17/h2-3,12-13H,4-11H2,1H3. The van der Waals surface area contributed by atoms with E-state index in [1.165, 1.54) is 12.1 Å². The van der Waals surface area contributed by atoms with Crippen LogP contribution in [0.4, 0.5) is 11.4 Å². The summed E-state index contributed by atoms with van der Waals surface area (Å²) in [7, 11) is 2.18. The number of benzene rings is 1.